The van der Waals surface area contributed by atoms with Gasteiger partial charge in [0.15, 0.2) is 0 Å². The summed E-state index contributed by atoms with van der Waals surface area (Å²) in [5.74, 6) is 0.198. The van der Waals surface area contributed by atoms with Crippen molar-refractivity contribution in [2.24, 2.45) is 0 Å². The van der Waals surface area contributed by atoms with E-state index < -0.39 is 9.84 Å². The van der Waals surface area contributed by atoms with Gasteiger partial charge in [-0.15, -0.1) is 0 Å². The van der Waals surface area contributed by atoms with Crippen molar-refractivity contribution in [3.05, 3.63) is 0 Å². The number of ether oxygens (including phenoxy) is 1. The average Bonchev–Trinajstić information content (AvgIpc) is 2.43. The molecule has 2 saturated heterocycles. The molecule has 2 aliphatic rings. The van der Waals surface area contributed by atoms with Gasteiger partial charge in [-0.3, -0.25) is 9.69 Å². The van der Waals surface area contributed by atoms with Gasteiger partial charge in [-0.05, 0) is 45.7 Å². The van der Waals surface area contributed by atoms with E-state index in [0.29, 0.717) is 25.9 Å². The molecule has 0 bridgehead atoms. The zero-order chi connectivity index (χ0) is 14.6. The molecule has 2 fully saturated rings. The van der Waals surface area contributed by atoms with Crippen LogP contribution in [0.3, 0.4) is 0 Å². The first-order valence-electron chi connectivity index (χ1n) is 7.58. The molecule has 2 aliphatic heterocycles. The van der Waals surface area contributed by atoms with Crippen molar-refractivity contribution in [3.8, 4) is 0 Å². The SMILES string of the molecule is CCOC(=O)CC1(N2CCCCC2)CCS(=O)(=O)CC1. The van der Waals surface area contributed by atoms with Gasteiger partial charge in [0.25, 0.3) is 0 Å². The monoisotopic (exact) mass is 303 g/mol. The van der Waals surface area contributed by atoms with Crippen LogP contribution < -0.4 is 0 Å². The van der Waals surface area contributed by atoms with Gasteiger partial charge in [-0.2, -0.15) is 0 Å². The minimum Gasteiger partial charge on any atom is -0.466 e. The number of nitrogens with zero attached hydrogens (tertiary/aromatic N) is 1. The Labute approximate surface area is 121 Å². The summed E-state index contributed by atoms with van der Waals surface area (Å²) in [6.45, 7) is 4.13. The fourth-order valence-electron chi connectivity index (χ4n) is 3.37. The second-order valence-electron chi connectivity index (χ2n) is 5.91. The molecular weight excluding hydrogens is 278 g/mol. The topological polar surface area (TPSA) is 63.7 Å². The normalized spacial score (nSPS) is 26.1. The van der Waals surface area contributed by atoms with Crippen LogP contribution >= 0.6 is 0 Å². The second-order valence-corrected chi connectivity index (χ2v) is 8.21. The highest BCUT2D eigenvalue weighted by Gasteiger charge is 2.43. The van der Waals surface area contributed by atoms with Crippen LogP contribution in [0, 0.1) is 0 Å². The molecule has 2 rings (SSSR count). The van der Waals surface area contributed by atoms with Crippen molar-refractivity contribution in [2.75, 3.05) is 31.2 Å². The lowest BCUT2D eigenvalue weighted by Gasteiger charge is -2.47. The van der Waals surface area contributed by atoms with E-state index in [4.69, 9.17) is 4.74 Å². The van der Waals surface area contributed by atoms with E-state index in [9.17, 15) is 13.2 Å². The number of rotatable bonds is 4. The maximum atomic E-state index is 11.9. The van der Waals surface area contributed by atoms with Crippen LogP contribution in [0.2, 0.25) is 0 Å². The number of hydrogen-bond donors (Lipinski definition) is 0. The molecule has 0 amide bonds. The molecule has 0 aromatic heterocycles. The Kier molecular flexibility index (Phi) is 5.07. The predicted molar refractivity (Wildman–Crippen MR) is 77.3 cm³/mol. The Morgan fingerprint density at radius 1 is 1.15 bits per heavy atom. The van der Waals surface area contributed by atoms with E-state index in [-0.39, 0.29) is 23.0 Å². The average molecular weight is 303 g/mol. The van der Waals surface area contributed by atoms with Crippen molar-refractivity contribution < 1.29 is 17.9 Å². The van der Waals surface area contributed by atoms with Crippen LogP contribution in [-0.2, 0) is 19.4 Å². The van der Waals surface area contributed by atoms with Crippen LogP contribution in [0.15, 0.2) is 0 Å². The maximum absolute atomic E-state index is 11.9. The van der Waals surface area contributed by atoms with E-state index in [1.54, 1.807) is 6.92 Å². The van der Waals surface area contributed by atoms with Crippen molar-refractivity contribution in [1.29, 1.82) is 0 Å². The van der Waals surface area contributed by atoms with Gasteiger partial charge in [0, 0.05) is 5.54 Å². The minimum absolute atomic E-state index is 0.197. The zero-order valence-electron chi connectivity index (χ0n) is 12.3. The highest BCUT2D eigenvalue weighted by Crippen LogP contribution is 2.35. The summed E-state index contributed by atoms with van der Waals surface area (Å²) >= 11 is 0. The summed E-state index contributed by atoms with van der Waals surface area (Å²) in [5, 5.41) is 0. The predicted octanol–water partition coefficient (Wildman–Crippen LogP) is 1.37. The van der Waals surface area contributed by atoms with Crippen molar-refractivity contribution in [3.63, 3.8) is 0 Å². The van der Waals surface area contributed by atoms with Crippen LogP contribution in [0.4, 0.5) is 0 Å². The number of hydrogen-bond acceptors (Lipinski definition) is 5. The first-order valence-corrected chi connectivity index (χ1v) is 9.41. The molecule has 6 heteroatoms. The van der Waals surface area contributed by atoms with Gasteiger partial charge in [-0.1, -0.05) is 6.42 Å². The van der Waals surface area contributed by atoms with Crippen molar-refractivity contribution in [2.45, 2.75) is 51.0 Å². The van der Waals surface area contributed by atoms with Gasteiger partial charge < -0.3 is 4.74 Å². The third-order valence-electron chi connectivity index (χ3n) is 4.56. The highest BCUT2D eigenvalue weighted by atomic mass is 32.2. The van der Waals surface area contributed by atoms with E-state index in [1.807, 2.05) is 0 Å². The van der Waals surface area contributed by atoms with Crippen LogP contribution in [0.1, 0.15) is 45.4 Å². The van der Waals surface area contributed by atoms with Gasteiger partial charge in [0.2, 0.25) is 0 Å². The summed E-state index contributed by atoms with van der Waals surface area (Å²) in [6.07, 6.45) is 4.96. The number of sulfone groups is 1. The molecule has 0 aliphatic carbocycles. The third-order valence-corrected chi connectivity index (χ3v) is 6.21. The van der Waals surface area contributed by atoms with Crippen LogP contribution in [-0.4, -0.2) is 56.0 Å². The summed E-state index contributed by atoms with van der Waals surface area (Å²) < 4.78 is 28.5. The maximum Gasteiger partial charge on any atom is 0.307 e. The molecule has 20 heavy (non-hydrogen) atoms. The fraction of sp³-hybridized carbons (Fsp3) is 0.929. The molecule has 0 unspecified atom stereocenters. The largest absolute Gasteiger partial charge is 0.466 e. The van der Waals surface area contributed by atoms with E-state index >= 15 is 0 Å². The van der Waals surface area contributed by atoms with Crippen LogP contribution in [0.5, 0.6) is 0 Å². The minimum atomic E-state index is -2.92. The molecule has 0 saturated carbocycles. The number of carbonyl (C=O) groups excluding carboxylic acids is 1. The van der Waals surface area contributed by atoms with Crippen molar-refractivity contribution in [1.82, 2.24) is 4.90 Å². The molecule has 0 N–H and O–H groups in total. The summed E-state index contributed by atoms with van der Waals surface area (Å²) in [7, 11) is -2.92. The summed E-state index contributed by atoms with van der Waals surface area (Å²) in [5.41, 5.74) is -0.294. The molecule has 0 atom stereocenters. The Morgan fingerprint density at radius 3 is 2.30 bits per heavy atom. The fourth-order valence-corrected chi connectivity index (χ4v) is 4.96. The van der Waals surface area contributed by atoms with Gasteiger partial charge >= 0.3 is 5.97 Å². The highest BCUT2D eigenvalue weighted by molar-refractivity contribution is 7.91. The summed E-state index contributed by atoms with van der Waals surface area (Å²) in [4.78, 5) is 14.3. The second kappa shape index (κ2) is 6.43. The number of piperidine rings is 1. The Bertz CT molecular complexity index is 426. The quantitative estimate of drug-likeness (QED) is 0.734. The van der Waals surface area contributed by atoms with E-state index in [0.717, 1.165) is 25.9 Å². The zero-order valence-corrected chi connectivity index (χ0v) is 13.1. The molecule has 2 heterocycles. The number of esters is 1. The lowest BCUT2D eigenvalue weighted by molar-refractivity contribution is -0.147. The Morgan fingerprint density at radius 2 is 1.75 bits per heavy atom. The van der Waals surface area contributed by atoms with Crippen molar-refractivity contribution >= 4 is 15.8 Å². The van der Waals surface area contributed by atoms with Crippen LogP contribution in [0.25, 0.3) is 0 Å². The number of carbonyl (C=O) groups is 1. The standard InChI is InChI=1S/C14H25NO4S/c1-2-19-13(16)12-14(15-8-4-3-5-9-15)6-10-20(17,18)11-7-14/h2-12H2,1H3. The van der Waals surface area contributed by atoms with E-state index in [2.05, 4.69) is 4.90 Å². The Balaban J connectivity index is 2.12. The molecular formula is C14H25NO4S. The molecule has 0 spiro atoms. The number of likely N-dealkylation sites (tertiary alicyclic amines) is 1. The van der Waals surface area contributed by atoms with Gasteiger partial charge in [0.1, 0.15) is 9.84 Å². The lowest BCUT2D eigenvalue weighted by atomic mass is 9.85. The third kappa shape index (κ3) is 3.73. The van der Waals surface area contributed by atoms with Gasteiger partial charge in [-0.25, -0.2) is 8.42 Å². The molecule has 0 radical (unpaired) electrons. The van der Waals surface area contributed by atoms with Gasteiger partial charge in [0.05, 0.1) is 24.5 Å². The molecule has 0 aromatic carbocycles. The summed E-state index contributed by atoms with van der Waals surface area (Å²) in [6, 6.07) is 0. The first-order chi connectivity index (χ1) is 9.47. The van der Waals surface area contributed by atoms with E-state index in [1.165, 1.54) is 6.42 Å². The smallest absolute Gasteiger partial charge is 0.307 e. The first kappa shape index (κ1) is 15.8. The Hall–Kier alpha value is -0.620. The molecule has 0 aromatic rings. The molecule has 5 nitrogen and oxygen atoms in total. The lowest BCUT2D eigenvalue weighted by Crippen LogP contribution is -2.56. The molecule has 116 valence electrons.